The second-order valence-electron chi connectivity index (χ2n) is 3.48. The predicted octanol–water partition coefficient (Wildman–Crippen LogP) is 4.66. The fraction of sp³-hybridized carbons (Fsp3) is 0.400. The second-order valence-corrected chi connectivity index (χ2v) is 6.16. The van der Waals surface area contributed by atoms with Gasteiger partial charge in [0.2, 0.25) is 0 Å². The Hall–Kier alpha value is 0.630. The van der Waals surface area contributed by atoms with Gasteiger partial charge < -0.3 is 0 Å². The quantitative estimate of drug-likeness (QED) is 0.716. The van der Waals surface area contributed by atoms with Gasteiger partial charge in [0.1, 0.15) is 0 Å². The van der Waals surface area contributed by atoms with E-state index in [0.29, 0.717) is 10.0 Å². The summed E-state index contributed by atoms with van der Waals surface area (Å²) in [5, 5.41) is 1.42. The molecule has 1 aliphatic rings. The first kappa shape index (κ1) is 11.1. The molecule has 0 spiro atoms. The molecule has 2 rings (SSSR count). The lowest BCUT2D eigenvalue weighted by molar-refractivity contribution is 0.637. The lowest BCUT2D eigenvalue weighted by Crippen LogP contribution is -2.20. The van der Waals surface area contributed by atoms with E-state index in [9.17, 15) is 0 Å². The van der Waals surface area contributed by atoms with Gasteiger partial charge in [-0.25, -0.2) is 0 Å². The van der Waals surface area contributed by atoms with E-state index in [-0.39, 0.29) is 0 Å². The SMILES string of the molecule is Clc1cc(CC2CSC2)cc(Cl)c1Br. The normalized spacial score (nSPS) is 16.8. The van der Waals surface area contributed by atoms with Crippen LogP contribution in [0, 0.1) is 5.92 Å². The number of hydrogen-bond donors (Lipinski definition) is 0. The molecule has 0 atom stereocenters. The molecule has 1 fully saturated rings. The lowest BCUT2D eigenvalue weighted by atomic mass is 10.0. The van der Waals surface area contributed by atoms with Crippen LogP contribution in [0.15, 0.2) is 16.6 Å². The molecule has 0 aliphatic carbocycles. The number of thioether (sulfide) groups is 1. The van der Waals surface area contributed by atoms with E-state index in [2.05, 4.69) is 15.9 Å². The number of rotatable bonds is 2. The summed E-state index contributed by atoms with van der Waals surface area (Å²) in [6, 6.07) is 4.00. The number of benzene rings is 1. The lowest BCUT2D eigenvalue weighted by Gasteiger charge is -2.24. The number of halogens is 3. The topological polar surface area (TPSA) is 0 Å². The monoisotopic (exact) mass is 310 g/mol. The molecule has 0 nitrogen and oxygen atoms in total. The van der Waals surface area contributed by atoms with E-state index in [0.717, 1.165) is 16.8 Å². The summed E-state index contributed by atoms with van der Waals surface area (Å²) in [7, 11) is 0. The maximum atomic E-state index is 6.03. The van der Waals surface area contributed by atoms with Crippen LogP contribution in [-0.2, 0) is 6.42 Å². The highest BCUT2D eigenvalue weighted by Crippen LogP contribution is 2.34. The molecular formula is C10H9BrCl2S. The van der Waals surface area contributed by atoms with Crippen molar-refractivity contribution < 1.29 is 0 Å². The summed E-state index contributed by atoms with van der Waals surface area (Å²) in [4.78, 5) is 0. The number of hydrogen-bond acceptors (Lipinski definition) is 1. The van der Waals surface area contributed by atoms with Crippen molar-refractivity contribution in [1.82, 2.24) is 0 Å². The zero-order chi connectivity index (χ0) is 10.1. The van der Waals surface area contributed by atoms with Gasteiger partial charge in [0, 0.05) is 0 Å². The van der Waals surface area contributed by atoms with E-state index in [4.69, 9.17) is 23.2 Å². The van der Waals surface area contributed by atoms with Crippen molar-refractivity contribution in [3.63, 3.8) is 0 Å². The minimum Gasteiger partial charge on any atom is -0.161 e. The first-order valence-corrected chi connectivity index (χ1v) is 7.08. The molecule has 0 amide bonds. The Morgan fingerprint density at radius 2 is 1.86 bits per heavy atom. The van der Waals surface area contributed by atoms with Crippen molar-refractivity contribution in [2.75, 3.05) is 11.5 Å². The van der Waals surface area contributed by atoms with Crippen molar-refractivity contribution in [1.29, 1.82) is 0 Å². The van der Waals surface area contributed by atoms with Gasteiger partial charge in [0.25, 0.3) is 0 Å². The third kappa shape index (κ3) is 2.41. The fourth-order valence-electron chi connectivity index (χ4n) is 1.46. The molecule has 0 bridgehead atoms. The molecule has 0 saturated carbocycles. The molecule has 76 valence electrons. The average Bonchev–Trinajstić information content (AvgIpc) is 2.07. The summed E-state index contributed by atoms with van der Waals surface area (Å²) < 4.78 is 0.799. The van der Waals surface area contributed by atoms with E-state index in [1.54, 1.807) is 0 Å². The fourth-order valence-corrected chi connectivity index (χ4v) is 3.03. The molecule has 1 aromatic rings. The zero-order valence-electron chi connectivity index (χ0n) is 7.40. The first-order chi connectivity index (χ1) is 6.66. The largest absolute Gasteiger partial charge is 0.161 e. The van der Waals surface area contributed by atoms with Crippen LogP contribution in [0.3, 0.4) is 0 Å². The van der Waals surface area contributed by atoms with Crippen LogP contribution >= 0.6 is 50.9 Å². The summed E-state index contributed by atoms with van der Waals surface area (Å²) in [5.74, 6) is 3.35. The van der Waals surface area contributed by atoms with Crippen LogP contribution in [0.25, 0.3) is 0 Å². The summed E-state index contributed by atoms with van der Waals surface area (Å²) in [5.41, 5.74) is 1.24. The Labute approximate surface area is 106 Å². The highest BCUT2D eigenvalue weighted by molar-refractivity contribution is 9.10. The molecule has 0 aromatic heterocycles. The Bertz CT molecular complexity index is 327. The molecule has 1 saturated heterocycles. The Morgan fingerprint density at radius 1 is 1.29 bits per heavy atom. The van der Waals surface area contributed by atoms with Gasteiger partial charge >= 0.3 is 0 Å². The summed E-state index contributed by atoms with van der Waals surface area (Å²) in [6.07, 6.45) is 1.10. The van der Waals surface area contributed by atoms with E-state index < -0.39 is 0 Å². The molecule has 1 aromatic carbocycles. The standard InChI is InChI=1S/C10H9BrCl2S/c11-10-8(12)2-6(3-9(10)13)1-7-4-14-5-7/h2-3,7H,1,4-5H2. The van der Waals surface area contributed by atoms with Gasteiger partial charge in [-0.15, -0.1) is 0 Å². The maximum Gasteiger partial charge on any atom is 0.0565 e. The van der Waals surface area contributed by atoms with Crippen molar-refractivity contribution in [3.8, 4) is 0 Å². The van der Waals surface area contributed by atoms with Crippen LogP contribution < -0.4 is 0 Å². The van der Waals surface area contributed by atoms with Gasteiger partial charge in [0.05, 0.1) is 14.5 Å². The van der Waals surface area contributed by atoms with E-state index >= 15 is 0 Å². The molecular weight excluding hydrogens is 303 g/mol. The highest BCUT2D eigenvalue weighted by atomic mass is 79.9. The second kappa shape index (κ2) is 4.65. The van der Waals surface area contributed by atoms with Crippen molar-refractivity contribution >= 4 is 50.9 Å². The molecule has 14 heavy (non-hydrogen) atoms. The summed E-state index contributed by atoms with van der Waals surface area (Å²) in [6.45, 7) is 0. The van der Waals surface area contributed by atoms with Crippen LogP contribution in [0.2, 0.25) is 10.0 Å². The molecule has 4 heteroatoms. The predicted molar refractivity (Wildman–Crippen MR) is 68.7 cm³/mol. The van der Waals surface area contributed by atoms with Crippen molar-refractivity contribution in [3.05, 3.63) is 32.2 Å². The van der Waals surface area contributed by atoms with Gasteiger partial charge in [-0.3, -0.25) is 0 Å². The van der Waals surface area contributed by atoms with Gasteiger partial charge in [0.15, 0.2) is 0 Å². The maximum absolute atomic E-state index is 6.03. The third-order valence-electron chi connectivity index (χ3n) is 2.28. The van der Waals surface area contributed by atoms with E-state index in [1.807, 2.05) is 23.9 Å². The highest BCUT2D eigenvalue weighted by Gasteiger charge is 2.19. The zero-order valence-corrected chi connectivity index (χ0v) is 11.3. The third-order valence-corrected chi connectivity index (χ3v) is 5.60. The Morgan fingerprint density at radius 3 is 2.29 bits per heavy atom. The van der Waals surface area contributed by atoms with E-state index in [1.165, 1.54) is 17.1 Å². The molecule has 1 heterocycles. The molecule has 0 N–H and O–H groups in total. The minimum absolute atomic E-state index is 0.708. The average molecular weight is 312 g/mol. The Balaban J connectivity index is 2.17. The molecule has 0 unspecified atom stereocenters. The molecule has 1 aliphatic heterocycles. The van der Waals surface area contributed by atoms with Crippen molar-refractivity contribution in [2.24, 2.45) is 5.92 Å². The van der Waals surface area contributed by atoms with Crippen LogP contribution in [-0.4, -0.2) is 11.5 Å². The summed E-state index contributed by atoms with van der Waals surface area (Å²) >= 11 is 17.4. The van der Waals surface area contributed by atoms with Crippen molar-refractivity contribution in [2.45, 2.75) is 6.42 Å². The van der Waals surface area contributed by atoms with Gasteiger partial charge in [-0.1, -0.05) is 23.2 Å². The van der Waals surface area contributed by atoms with Gasteiger partial charge in [-0.05, 0) is 57.5 Å². The van der Waals surface area contributed by atoms with Crippen LogP contribution in [0.1, 0.15) is 5.56 Å². The van der Waals surface area contributed by atoms with Crippen LogP contribution in [0.5, 0.6) is 0 Å². The molecule has 0 radical (unpaired) electrons. The van der Waals surface area contributed by atoms with Gasteiger partial charge in [-0.2, -0.15) is 11.8 Å². The van der Waals surface area contributed by atoms with Crippen LogP contribution in [0.4, 0.5) is 0 Å². The first-order valence-electron chi connectivity index (χ1n) is 4.38. The minimum atomic E-state index is 0.708. The smallest absolute Gasteiger partial charge is 0.0565 e. The Kier molecular flexibility index (Phi) is 3.69.